The normalized spacial score (nSPS) is 15.2. The minimum absolute atomic E-state index is 0.0846. The van der Waals surface area contributed by atoms with Crippen LogP contribution in [0.25, 0.3) is 0 Å². The third kappa shape index (κ3) is 3.73. The number of unbranched alkanes of at least 4 members (excludes halogenated alkanes) is 3. The van der Waals surface area contributed by atoms with Crippen LogP contribution >= 0.6 is 0 Å². The summed E-state index contributed by atoms with van der Waals surface area (Å²) in [5.41, 5.74) is 1.99. The molecule has 0 aromatic heterocycles. The monoisotopic (exact) mass is 276 g/mol. The topological polar surface area (TPSA) is 50.4 Å². The van der Waals surface area contributed by atoms with Crippen LogP contribution in [0.4, 0.5) is 5.69 Å². The Hall–Kier alpha value is -1.55. The number of ether oxygens (including phenoxy) is 1. The maximum atomic E-state index is 11.4. The molecule has 4 heteroatoms. The summed E-state index contributed by atoms with van der Waals surface area (Å²) < 4.78 is 5.38. The molecular weight excluding hydrogens is 252 g/mol. The van der Waals surface area contributed by atoms with Gasteiger partial charge in [-0.1, -0.05) is 38.7 Å². The number of amides is 1. The van der Waals surface area contributed by atoms with Gasteiger partial charge in [0.2, 0.25) is 0 Å². The van der Waals surface area contributed by atoms with Crippen LogP contribution in [-0.2, 0) is 4.79 Å². The van der Waals surface area contributed by atoms with Crippen molar-refractivity contribution in [2.75, 3.05) is 19.0 Å². The Kier molecular flexibility index (Phi) is 5.41. The van der Waals surface area contributed by atoms with Gasteiger partial charge in [-0.3, -0.25) is 4.79 Å². The summed E-state index contributed by atoms with van der Waals surface area (Å²) in [5.74, 6) is 0.674. The Labute approximate surface area is 120 Å². The highest BCUT2D eigenvalue weighted by Gasteiger charge is 2.18. The summed E-state index contributed by atoms with van der Waals surface area (Å²) in [6.07, 6.45) is 6.17. The molecule has 0 aliphatic carbocycles. The van der Waals surface area contributed by atoms with E-state index in [-0.39, 0.29) is 12.5 Å². The number of fused-ring (bicyclic) bond motifs is 1. The third-order valence-corrected chi connectivity index (χ3v) is 3.73. The average molecular weight is 276 g/mol. The van der Waals surface area contributed by atoms with Crippen LogP contribution in [0.5, 0.6) is 5.75 Å². The van der Waals surface area contributed by atoms with E-state index < -0.39 is 0 Å². The van der Waals surface area contributed by atoms with Crippen molar-refractivity contribution in [3.05, 3.63) is 23.8 Å². The van der Waals surface area contributed by atoms with Gasteiger partial charge in [-0.15, -0.1) is 0 Å². The lowest BCUT2D eigenvalue weighted by Crippen LogP contribution is -2.26. The van der Waals surface area contributed by atoms with E-state index in [9.17, 15) is 4.79 Å². The Morgan fingerprint density at radius 2 is 2.20 bits per heavy atom. The van der Waals surface area contributed by atoms with Gasteiger partial charge in [-0.25, -0.2) is 0 Å². The van der Waals surface area contributed by atoms with Gasteiger partial charge in [0.25, 0.3) is 5.91 Å². The minimum atomic E-state index is -0.0846. The number of carbonyl (C=O) groups is 1. The quantitative estimate of drug-likeness (QED) is 0.752. The van der Waals surface area contributed by atoms with Crippen LogP contribution in [-0.4, -0.2) is 19.6 Å². The van der Waals surface area contributed by atoms with Gasteiger partial charge in [0.05, 0.1) is 5.69 Å². The molecule has 110 valence electrons. The van der Waals surface area contributed by atoms with Crippen molar-refractivity contribution in [3.63, 3.8) is 0 Å². The number of rotatable bonds is 7. The number of hydrogen-bond donors (Lipinski definition) is 2. The molecule has 4 nitrogen and oxygen atoms in total. The Morgan fingerprint density at radius 1 is 1.35 bits per heavy atom. The molecular formula is C16H24N2O2. The number of carbonyl (C=O) groups excluding carboxylic acids is 1. The minimum Gasteiger partial charge on any atom is -0.482 e. The predicted octanol–water partition coefficient (Wildman–Crippen LogP) is 3.25. The molecule has 0 radical (unpaired) electrons. The second-order valence-electron chi connectivity index (χ2n) is 5.28. The maximum absolute atomic E-state index is 11.4. The van der Waals surface area contributed by atoms with Crippen LogP contribution in [0.1, 0.15) is 50.6 Å². The molecule has 0 saturated heterocycles. The van der Waals surface area contributed by atoms with E-state index in [0.29, 0.717) is 6.04 Å². The fraction of sp³-hybridized carbons (Fsp3) is 0.562. The van der Waals surface area contributed by atoms with Gasteiger partial charge in [0.15, 0.2) is 6.61 Å². The van der Waals surface area contributed by atoms with Crippen LogP contribution < -0.4 is 15.4 Å². The smallest absolute Gasteiger partial charge is 0.262 e. The summed E-state index contributed by atoms with van der Waals surface area (Å²) in [5, 5.41) is 6.22. The fourth-order valence-corrected chi connectivity index (χ4v) is 2.57. The van der Waals surface area contributed by atoms with Gasteiger partial charge in [0, 0.05) is 6.04 Å². The molecule has 0 bridgehead atoms. The lowest BCUT2D eigenvalue weighted by Gasteiger charge is -2.22. The summed E-state index contributed by atoms with van der Waals surface area (Å²) >= 11 is 0. The second kappa shape index (κ2) is 7.29. The van der Waals surface area contributed by atoms with Crippen molar-refractivity contribution in [3.8, 4) is 5.75 Å². The molecule has 1 aromatic rings. The predicted molar refractivity (Wildman–Crippen MR) is 81.1 cm³/mol. The molecule has 1 aromatic carbocycles. The first kappa shape index (κ1) is 14.9. The Balaban J connectivity index is 2.02. The lowest BCUT2D eigenvalue weighted by atomic mass is 9.99. The summed E-state index contributed by atoms with van der Waals surface area (Å²) in [6.45, 7) is 2.33. The summed E-state index contributed by atoms with van der Waals surface area (Å²) in [6, 6.07) is 6.38. The lowest BCUT2D eigenvalue weighted by molar-refractivity contribution is -0.118. The molecule has 1 amide bonds. The number of benzene rings is 1. The van der Waals surface area contributed by atoms with E-state index in [0.717, 1.165) is 17.9 Å². The SMILES string of the molecule is CCCCCCC(NC)c1ccc2c(c1)NC(=O)CO2. The maximum Gasteiger partial charge on any atom is 0.262 e. The molecule has 0 fully saturated rings. The zero-order valence-corrected chi connectivity index (χ0v) is 12.4. The average Bonchev–Trinajstić information content (AvgIpc) is 2.46. The molecule has 1 unspecified atom stereocenters. The molecule has 20 heavy (non-hydrogen) atoms. The zero-order valence-electron chi connectivity index (χ0n) is 12.4. The first-order chi connectivity index (χ1) is 9.74. The van der Waals surface area contributed by atoms with E-state index in [4.69, 9.17) is 4.74 Å². The van der Waals surface area contributed by atoms with E-state index in [2.05, 4.69) is 23.6 Å². The van der Waals surface area contributed by atoms with E-state index in [1.807, 2.05) is 19.2 Å². The molecule has 1 aliphatic rings. The number of nitrogens with one attached hydrogen (secondary N) is 2. The van der Waals surface area contributed by atoms with Crippen LogP contribution in [0, 0.1) is 0 Å². The van der Waals surface area contributed by atoms with Gasteiger partial charge in [-0.2, -0.15) is 0 Å². The largest absolute Gasteiger partial charge is 0.482 e. The summed E-state index contributed by atoms with van der Waals surface area (Å²) in [4.78, 5) is 11.4. The highest BCUT2D eigenvalue weighted by atomic mass is 16.5. The highest BCUT2D eigenvalue weighted by molar-refractivity contribution is 5.95. The van der Waals surface area contributed by atoms with E-state index >= 15 is 0 Å². The van der Waals surface area contributed by atoms with Crippen LogP contribution in [0.3, 0.4) is 0 Å². The molecule has 1 atom stereocenters. The van der Waals surface area contributed by atoms with Crippen molar-refractivity contribution in [1.29, 1.82) is 0 Å². The van der Waals surface area contributed by atoms with Crippen molar-refractivity contribution in [2.45, 2.75) is 45.1 Å². The molecule has 2 rings (SSSR count). The standard InChI is InChI=1S/C16H24N2O2/c1-3-4-5-6-7-13(17-2)12-8-9-15-14(10-12)18-16(19)11-20-15/h8-10,13,17H,3-7,11H2,1-2H3,(H,18,19). The number of anilines is 1. The zero-order chi connectivity index (χ0) is 14.4. The fourth-order valence-electron chi connectivity index (χ4n) is 2.57. The summed E-state index contributed by atoms with van der Waals surface area (Å²) in [7, 11) is 1.99. The van der Waals surface area contributed by atoms with Gasteiger partial charge in [-0.05, 0) is 31.2 Å². The Morgan fingerprint density at radius 3 is 2.95 bits per heavy atom. The van der Waals surface area contributed by atoms with Gasteiger partial charge < -0.3 is 15.4 Å². The van der Waals surface area contributed by atoms with Gasteiger partial charge in [0.1, 0.15) is 5.75 Å². The van der Waals surface area contributed by atoms with Crippen molar-refractivity contribution < 1.29 is 9.53 Å². The molecule has 0 saturated carbocycles. The van der Waals surface area contributed by atoms with Crippen molar-refractivity contribution in [1.82, 2.24) is 5.32 Å². The second-order valence-corrected chi connectivity index (χ2v) is 5.28. The van der Waals surface area contributed by atoms with E-state index in [1.165, 1.54) is 31.2 Å². The first-order valence-corrected chi connectivity index (χ1v) is 7.48. The van der Waals surface area contributed by atoms with Crippen molar-refractivity contribution >= 4 is 11.6 Å². The highest BCUT2D eigenvalue weighted by Crippen LogP contribution is 2.31. The van der Waals surface area contributed by atoms with Crippen LogP contribution in [0.2, 0.25) is 0 Å². The molecule has 2 N–H and O–H groups in total. The Bertz CT molecular complexity index is 460. The van der Waals surface area contributed by atoms with E-state index in [1.54, 1.807) is 0 Å². The van der Waals surface area contributed by atoms with Gasteiger partial charge >= 0.3 is 0 Å². The third-order valence-electron chi connectivity index (χ3n) is 3.73. The van der Waals surface area contributed by atoms with Crippen molar-refractivity contribution in [2.24, 2.45) is 0 Å². The molecule has 0 spiro atoms. The van der Waals surface area contributed by atoms with Crippen LogP contribution in [0.15, 0.2) is 18.2 Å². The first-order valence-electron chi connectivity index (χ1n) is 7.48. The molecule has 1 heterocycles. The number of hydrogen-bond acceptors (Lipinski definition) is 3. The molecule has 1 aliphatic heterocycles.